The molecule has 2 aliphatic heterocycles. The van der Waals surface area contributed by atoms with E-state index in [-0.39, 0.29) is 33.2 Å². The van der Waals surface area contributed by atoms with Crippen molar-refractivity contribution in [3.63, 3.8) is 0 Å². The number of hydrogen-bond donors (Lipinski definition) is 2. The molecule has 0 aromatic rings. The highest BCUT2D eigenvalue weighted by atomic mass is 16.8. The maximum absolute atomic E-state index is 11.5. The first kappa shape index (κ1) is 22.6. The standard InChI is InChI=1S/C15H20O14/c16-8(3-24-12(18)10-5-26-14(20)28-10)1-22-7-23-2-9(17)4-25-13(19)11-6-27-15(21)29-11/h8-11,16-17H,1-7H2. The quantitative estimate of drug-likeness (QED) is 0.150. The van der Waals surface area contributed by atoms with Gasteiger partial charge in [-0.3, -0.25) is 0 Å². The number of esters is 2. The molecule has 4 atom stereocenters. The summed E-state index contributed by atoms with van der Waals surface area (Å²) < 4.78 is 37.3. The minimum absolute atomic E-state index is 0.244. The molecule has 0 aliphatic carbocycles. The highest BCUT2D eigenvalue weighted by Gasteiger charge is 2.34. The molecule has 14 heteroatoms. The van der Waals surface area contributed by atoms with Crippen LogP contribution >= 0.6 is 0 Å². The lowest BCUT2D eigenvalue weighted by Gasteiger charge is -2.15. The van der Waals surface area contributed by atoms with Crippen molar-refractivity contribution in [3.05, 3.63) is 0 Å². The van der Waals surface area contributed by atoms with Crippen LogP contribution in [0.25, 0.3) is 0 Å². The second-order valence-electron chi connectivity index (χ2n) is 5.76. The Morgan fingerprint density at radius 1 is 0.828 bits per heavy atom. The van der Waals surface area contributed by atoms with Crippen LogP contribution in [0.5, 0.6) is 0 Å². The van der Waals surface area contributed by atoms with Crippen LogP contribution in [0.15, 0.2) is 0 Å². The lowest BCUT2D eigenvalue weighted by molar-refractivity contribution is -0.159. The monoisotopic (exact) mass is 424 g/mol. The molecule has 2 fully saturated rings. The number of aliphatic hydroxyl groups excluding tert-OH is 2. The lowest BCUT2D eigenvalue weighted by atomic mass is 10.4. The third kappa shape index (κ3) is 8.06. The van der Waals surface area contributed by atoms with Gasteiger partial charge >= 0.3 is 24.2 Å². The van der Waals surface area contributed by atoms with Gasteiger partial charge in [0.15, 0.2) is 0 Å². The Bertz CT molecular complexity index is 542. The summed E-state index contributed by atoms with van der Waals surface area (Å²) in [7, 11) is 0. The molecule has 0 spiro atoms. The Morgan fingerprint density at radius 3 is 1.59 bits per heavy atom. The second-order valence-corrected chi connectivity index (χ2v) is 5.76. The van der Waals surface area contributed by atoms with E-state index in [9.17, 15) is 29.4 Å². The first-order chi connectivity index (χ1) is 13.8. The fourth-order valence-corrected chi connectivity index (χ4v) is 1.95. The van der Waals surface area contributed by atoms with Gasteiger partial charge in [0, 0.05) is 0 Å². The van der Waals surface area contributed by atoms with Gasteiger partial charge in [0.1, 0.15) is 45.4 Å². The van der Waals surface area contributed by atoms with Gasteiger partial charge in [-0.25, -0.2) is 19.2 Å². The molecule has 2 N–H and O–H groups in total. The van der Waals surface area contributed by atoms with E-state index < -0.39 is 61.9 Å². The fraction of sp³-hybridized carbons (Fsp3) is 0.733. The number of rotatable bonds is 12. The molecule has 2 rings (SSSR count). The topological polar surface area (TPSA) is 183 Å². The molecule has 0 aromatic heterocycles. The molecule has 0 bridgehead atoms. The number of carbonyl (C=O) groups is 4. The number of aliphatic hydroxyl groups is 2. The summed E-state index contributed by atoms with van der Waals surface area (Å²) in [6, 6.07) is 0. The zero-order valence-corrected chi connectivity index (χ0v) is 15.1. The van der Waals surface area contributed by atoms with Crippen LogP contribution in [-0.2, 0) is 47.5 Å². The van der Waals surface area contributed by atoms with Crippen LogP contribution < -0.4 is 0 Å². The van der Waals surface area contributed by atoms with Crippen molar-refractivity contribution in [1.82, 2.24) is 0 Å². The molecule has 2 aliphatic rings. The molecule has 0 aromatic carbocycles. The molecule has 14 nitrogen and oxygen atoms in total. The third-order valence-electron chi connectivity index (χ3n) is 3.33. The summed E-state index contributed by atoms with van der Waals surface area (Å²) in [5.74, 6) is -1.72. The second kappa shape index (κ2) is 11.4. The first-order valence-electron chi connectivity index (χ1n) is 8.37. The molecule has 0 radical (unpaired) electrons. The molecular weight excluding hydrogens is 404 g/mol. The zero-order chi connectivity index (χ0) is 21.2. The molecule has 4 unspecified atom stereocenters. The van der Waals surface area contributed by atoms with Gasteiger partial charge in [0.2, 0.25) is 12.2 Å². The van der Waals surface area contributed by atoms with E-state index in [1.165, 1.54) is 0 Å². The van der Waals surface area contributed by atoms with E-state index >= 15 is 0 Å². The van der Waals surface area contributed by atoms with Crippen LogP contribution in [0.2, 0.25) is 0 Å². The van der Waals surface area contributed by atoms with E-state index in [1.807, 2.05) is 0 Å². The Labute approximate surface area is 163 Å². The van der Waals surface area contributed by atoms with E-state index in [4.69, 9.17) is 18.9 Å². The van der Waals surface area contributed by atoms with Crippen molar-refractivity contribution in [2.24, 2.45) is 0 Å². The van der Waals surface area contributed by atoms with E-state index in [1.54, 1.807) is 0 Å². The normalized spacial score (nSPS) is 22.7. The maximum atomic E-state index is 11.5. The largest absolute Gasteiger partial charge is 0.509 e. The van der Waals surface area contributed by atoms with Crippen molar-refractivity contribution in [2.75, 3.05) is 46.4 Å². The van der Waals surface area contributed by atoms with Crippen LogP contribution in [0.1, 0.15) is 0 Å². The van der Waals surface area contributed by atoms with Crippen LogP contribution in [0.3, 0.4) is 0 Å². The fourth-order valence-electron chi connectivity index (χ4n) is 1.95. The van der Waals surface area contributed by atoms with E-state index in [0.29, 0.717) is 0 Å². The minimum atomic E-state index is -1.16. The van der Waals surface area contributed by atoms with Crippen molar-refractivity contribution >= 4 is 24.2 Å². The number of cyclic esters (lactones) is 4. The summed E-state index contributed by atoms with van der Waals surface area (Å²) in [5, 5.41) is 19.2. The number of carbonyl (C=O) groups excluding carboxylic acids is 4. The van der Waals surface area contributed by atoms with Crippen LogP contribution in [0, 0.1) is 0 Å². The summed E-state index contributed by atoms with van der Waals surface area (Å²) in [6.45, 7) is -2.11. The minimum Gasteiger partial charge on any atom is -0.460 e. The Kier molecular flexibility index (Phi) is 8.85. The summed E-state index contributed by atoms with van der Waals surface area (Å²) in [5.41, 5.74) is 0. The van der Waals surface area contributed by atoms with E-state index in [2.05, 4.69) is 18.9 Å². The number of hydrogen-bond acceptors (Lipinski definition) is 14. The first-order valence-corrected chi connectivity index (χ1v) is 8.37. The predicted molar refractivity (Wildman–Crippen MR) is 83.1 cm³/mol. The summed E-state index contributed by atoms with van der Waals surface area (Å²) in [4.78, 5) is 44.4. The van der Waals surface area contributed by atoms with Crippen molar-refractivity contribution < 1.29 is 67.3 Å². The highest BCUT2D eigenvalue weighted by Crippen LogP contribution is 2.09. The summed E-state index contributed by atoms with van der Waals surface area (Å²) >= 11 is 0. The van der Waals surface area contributed by atoms with Crippen LogP contribution in [-0.4, -0.2) is 105 Å². The molecule has 2 saturated heterocycles. The van der Waals surface area contributed by atoms with Gasteiger partial charge in [0.05, 0.1) is 13.2 Å². The van der Waals surface area contributed by atoms with Gasteiger partial charge < -0.3 is 48.1 Å². The third-order valence-corrected chi connectivity index (χ3v) is 3.33. The Hall–Kier alpha value is -2.68. The van der Waals surface area contributed by atoms with Gasteiger partial charge in [-0.2, -0.15) is 0 Å². The SMILES string of the molecule is O=C1OCC(C(=O)OCC(O)COCOCC(O)COC(=O)C2COC(=O)O2)O1. The molecule has 164 valence electrons. The average molecular weight is 424 g/mol. The van der Waals surface area contributed by atoms with Gasteiger partial charge in [0.25, 0.3) is 0 Å². The Balaban J connectivity index is 1.45. The molecule has 0 amide bonds. The van der Waals surface area contributed by atoms with Crippen molar-refractivity contribution in [3.8, 4) is 0 Å². The zero-order valence-electron chi connectivity index (χ0n) is 15.1. The summed E-state index contributed by atoms with van der Waals surface area (Å²) in [6.07, 6.45) is -6.60. The average Bonchev–Trinajstić information content (AvgIpc) is 3.32. The van der Waals surface area contributed by atoms with Crippen LogP contribution in [0.4, 0.5) is 9.59 Å². The maximum Gasteiger partial charge on any atom is 0.509 e. The lowest BCUT2D eigenvalue weighted by Crippen LogP contribution is -2.31. The number of ether oxygens (including phenoxy) is 8. The van der Waals surface area contributed by atoms with E-state index in [0.717, 1.165) is 0 Å². The highest BCUT2D eigenvalue weighted by molar-refractivity contribution is 5.80. The molecule has 0 saturated carbocycles. The van der Waals surface area contributed by atoms with Gasteiger partial charge in [-0.05, 0) is 0 Å². The predicted octanol–water partition coefficient (Wildman–Crippen LogP) is -2.14. The van der Waals surface area contributed by atoms with Gasteiger partial charge in [-0.1, -0.05) is 0 Å². The molecular formula is C15H20O14. The molecule has 29 heavy (non-hydrogen) atoms. The van der Waals surface area contributed by atoms with Crippen molar-refractivity contribution in [2.45, 2.75) is 24.4 Å². The smallest absolute Gasteiger partial charge is 0.460 e. The Morgan fingerprint density at radius 2 is 1.24 bits per heavy atom. The van der Waals surface area contributed by atoms with Gasteiger partial charge in [-0.15, -0.1) is 0 Å². The molecule has 2 heterocycles. The van der Waals surface area contributed by atoms with Crippen molar-refractivity contribution in [1.29, 1.82) is 0 Å².